The van der Waals surface area contributed by atoms with E-state index in [0.29, 0.717) is 0 Å². The first kappa shape index (κ1) is 47.0. The number of halogens is 1. The third kappa shape index (κ3) is 29.8. The Balaban J connectivity index is 0.0000221. The molecular formula is C46H84ClN. The van der Waals surface area contributed by atoms with E-state index in [9.17, 15) is 0 Å². The molecule has 0 saturated carbocycles. The van der Waals surface area contributed by atoms with E-state index in [2.05, 4.69) is 82.6 Å². The molecule has 0 N–H and O–H groups in total. The van der Waals surface area contributed by atoms with Crippen molar-refractivity contribution in [2.24, 2.45) is 0 Å². The van der Waals surface area contributed by atoms with Gasteiger partial charge in [0.1, 0.15) is 6.54 Å². The molecule has 0 aliphatic carbocycles. The van der Waals surface area contributed by atoms with Crippen LogP contribution in [0.3, 0.4) is 0 Å². The van der Waals surface area contributed by atoms with Crippen molar-refractivity contribution in [2.75, 3.05) is 14.1 Å². The maximum Gasteiger partial charge on any atom is 0.104 e. The second kappa shape index (κ2) is 35.8. The number of rotatable bonds is 35. The molecule has 0 aromatic heterocycles. The van der Waals surface area contributed by atoms with Gasteiger partial charge in [0.25, 0.3) is 0 Å². The van der Waals surface area contributed by atoms with Crippen LogP contribution in [0.1, 0.15) is 212 Å². The maximum absolute atomic E-state index is 2.50. The molecule has 1 nitrogen and oxygen atoms in total. The molecule has 0 unspecified atom stereocenters. The molecule has 1 rings (SSSR count). The predicted octanol–water partition coefficient (Wildman–Crippen LogP) is 12.5. The first-order valence-electron chi connectivity index (χ1n) is 21.3. The Kier molecular flexibility index (Phi) is 35.0. The molecule has 280 valence electrons. The van der Waals surface area contributed by atoms with Crippen LogP contribution in [0, 0.1) is 0 Å². The lowest BCUT2D eigenvalue weighted by Crippen LogP contribution is -3.00. The zero-order chi connectivity index (χ0) is 33.9. The van der Waals surface area contributed by atoms with Crippen LogP contribution in [0.25, 0.3) is 0 Å². The van der Waals surface area contributed by atoms with Gasteiger partial charge in [-0.1, -0.05) is 184 Å². The summed E-state index contributed by atoms with van der Waals surface area (Å²) in [6, 6.07) is 12.0. The molecule has 0 radical (unpaired) electrons. The molecular weight excluding hydrogens is 602 g/mol. The van der Waals surface area contributed by atoms with Crippen molar-refractivity contribution < 1.29 is 16.9 Å². The summed E-state index contributed by atoms with van der Waals surface area (Å²) in [5.74, 6) is 0. The minimum atomic E-state index is 0. The maximum atomic E-state index is 2.50. The Morgan fingerprint density at radius 3 is 1.10 bits per heavy atom. The first-order valence-corrected chi connectivity index (χ1v) is 21.3. The van der Waals surface area contributed by atoms with E-state index in [1.165, 1.54) is 198 Å². The van der Waals surface area contributed by atoms with Gasteiger partial charge in [0.15, 0.2) is 0 Å². The van der Waals surface area contributed by atoms with Crippen LogP contribution in [0.2, 0.25) is 0 Å². The number of benzene rings is 1. The van der Waals surface area contributed by atoms with Gasteiger partial charge in [0.05, 0.1) is 20.1 Å². The molecule has 0 fully saturated rings. The van der Waals surface area contributed by atoms with Crippen LogP contribution in [0.15, 0.2) is 54.6 Å². The molecule has 0 saturated heterocycles. The van der Waals surface area contributed by atoms with E-state index in [1.807, 2.05) is 0 Å². The van der Waals surface area contributed by atoms with Crippen molar-refractivity contribution >= 4 is 0 Å². The number of unbranched alkanes of at least 4 members (excludes halogenated alkanes) is 24. The average Bonchev–Trinajstić information content (AvgIpc) is 3.07. The van der Waals surface area contributed by atoms with E-state index in [0.717, 1.165) is 17.1 Å². The van der Waals surface area contributed by atoms with Crippen LogP contribution in [0.4, 0.5) is 0 Å². The highest BCUT2D eigenvalue weighted by Gasteiger charge is 2.27. The number of hydrogen-bond donors (Lipinski definition) is 0. The van der Waals surface area contributed by atoms with Gasteiger partial charge in [-0.2, -0.15) is 0 Å². The van der Waals surface area contributed by atoms with Crippen molar-refractivity contribution in [2.45, 2.75) is 219 Å². The quantitative estimate of drug-likeness (QED) is 0.0379. The van der Waals surface area contributed by atoms with Crippen molar-refractivity contribution in [3.05, 3.63) is 60.2 Å². The largest absolute Gasteiger partial charge is 1.00 e. The minimum absolute atomic E-state index is 0. The lowest BCUT2D eigenvalue weighted by Gasteiger charge is -2.39. The smallest absolute Gasteiger partial charge is 0.104 e. The fourth-order valence-electron chi connectivity index (χ4n) is 7.28. The summed E-state index contributed by atoms with van der Waals surface area (Å²) >= 11 is 0. The third-order valence-electron chi connectivity index (χ3n) is 10.5. The number of hydrogen-bond acceptors (Lipinski definition) is 0. The lowest BCUT2D eigenvalue weighted by molar-refractivity contribution is -0.928. The Bertz CT molecular complexity index is 771. The Hall–Kier alpha value is -1.05. The minimum Gasteiger partial charge on any atom is -1.00 e. The van der Waals surface area contributed by atoms with E-state index in [4.69, 9.17) is 0 Å². The zero-order valence-electron chi connectivity index (χ0n) is 33.0. The van der Waals surface area contributed by atoms with Gasteiger partial charge in [0.2, 0.25) is 0 Å². The summed E-state index contributed by atoms with van der Waals surface area (Å²) < 4.78 is 1.14. The molecule has 1 aromatic rings. The fourth-order valence-corrected chi connectivity index (χ4v) is 7.28. The summed E-state index contributed by atoms with van der Waals surface area (Å²) in [5, 5.41) is 0. The highest BCUT2D eigenvalue weighted by Crippen LogP contribution is 2.25. The van der Waals surface area contributed by atoms with Crippen molar-refractivity contribution in [3.8, 4) is 0 Å². The molecule has 0 aliphatic rings. The monoisotopic (exact) mass is 686 g/mol. The van der Waals surface area contributed by atoms with Gasteiger partial charge in [-0.15, -0.1) is 0 Å². The van der Waals surface area contributed by atoms with Crippen molar-refractivity contribution in [3.63, 3.8) is 0 Å². The standard InChI is InChI=1S/C46H84N.ClH/c1-5-7-9-11-13-15-17-19-21-23-25-27-29-31-33-38-42-46(47(3,4)44-45-40-36-35-37-41-45)43-39-34-32-30-28-26-24-22-20-18-16-14-12-10-8-6-2;/h19-22,35-37,40-41,46H,5-18,23-34,38-39,42-44H2,1-4H3;1H/q+1;/p-1/b21-19-,22-20-;. The lowest BCUT2D eigenvalue weighted by atomic mass is 9.96. The van der Waals surface area contributed by atoms with Gasteiger partial charge in [-0.25, -0.2) is 0 Å². The molecule has 0 bridgehead atoms. The summed E-state index contributed by atoms with van der Waals surface area (Å²) in [4.78, 5) is 0. The Labute approximate surface area is 309 Å². The highest BCUT2D eigenvalue weighted by molar-refractivity contribution is 5.13. The van der Waals surface area contributed by atoms with E-state index in [1.54, 1.807) is 0 Å². The summed E-state index contributed by atoms with van der Waals surface area (Å²) in [5.41, 5.74) is 1.49. The zero-order valence-corrected chi connectivity index (χ0v) is 33.8. The summed E-state index contributed by atoms with van der Waals surface area (Å²) in [6.07, 6.45) is 51.6. The number of nitrogens with zero attached hydrogens (tertiary/aromatic N) is 1. The van der Waals surface area contributed by atoms with Crippen LogP contribution < -0.4 is 12.4 Å². The average molecular weight is 687 g/mol. The van der Waals surface area contributed by atoms with E-state index in [-0.39, 0.29) is 12.4 Å². The molecule has 0 aliphatic heterocycles. The van der Waals surface area contributed by atoms with Crippen molar-refractivity contribution in [1.29, 1.82) is 0 Å². The van der Waals surface area contributed by atoms with Gasteiger partial charge in [0, 0.05) is 5.56 Å². The SMILES string of the molecule is CCCCCCCC/C=C\CCCCCCCCC(CCCCCCCC/C=C\CCCCCCCC)[N+](C)(C)Cc1ccccc1.[Cl-]. The number of allylic oxidation sites excluding steroid dienone is 4. The van der Waals surface area contributed by atoms with Gasteiger partial charge < -0.3 is 16.9 Å². The molecule has 1 aromatic carbocycles. The van der Waals surface area contributed by atoms with Gasteiger partial charge in [-0.3, -0.25) is 0 Å². The molecule has 0 atom stereocenters. The van der Waals surface area contributed by atoms with Gasteiger partial charge in [-0.05, 0) is 77.0 Å². The second-order valence-corrected chi connectivity index (χ2v) is 15.5. The van der Waals surface area contributed by atoms with Gasteiger partial charge >= 0.3 is 0 Å². The van der Waals surface area contributed by atoms with Crippen LogP contribution in [-0.4, -0.2) is 24.6 Å². The topological polar surface area (TPSA) is 0 Å². The second-order valence-electron chi connectivity index (χ2n) is 15.5. The number of quaternary nitrogens is 1. The molecule has 0 spiro atoms. The van der Waals surface area contributed by atoms with Crippen LogP contribution >= 0.6 is 0 Å². The third-order valence-corrected chi connectivity index (χ3v) is 10.5. The highest BCUT2D eigenvalue weighted by atomic mass is 35.5. The molecule has 0 amide bonds. The summed E-state index contributed by atoms with van der Waals surface area (Å²) in [7, 11) is 5.00. The van der Waals surface area contributed by atoms with Crippen LogP contribution in [-0.2, 0) is 6.54 Å². The Morgan fingerprint density at radius 2 is 0.750 bits per heavy atom. The van der Waals surface area contributed by atoms with Crippen LogP contribution in [0.5, 0.6) is 0 Å². The van der Waals surface area contributed by atoms with E-state index < -0.39 is 0 Å². The predicted molar refractivity (Wildman–Crippen MR) is 214 cm³/mol. The first-order chi connectivity index (χ1) is 23.1. The van der Waals surface area contributed by atoms with E-state index >= 15 is 0 Å². The fraction of sp³-hybridized carbons (Fsp3) is 0.783. The molecule has 2 heteroatoms. The molecule has 48 heavy (non-hydrogen) atoms. The summed E-state index contributed by atoms with van der Waals surface area (Å²) in [6.45, 7) is 5.76. The van der Waals surface area contributed by atoms with Crippen molar-refractivity contribution in [1.82, 2.24) is 0 Å². The molecule has 0 heterocycles. The normalized spacial score (nSPS) is 12.1. The Morgan fingerprint density at radius 1 is 0.438 bits per heavy atom.